The lowest BCUT2D eigenvalue weighted by Crippen LogP contribution is -2.10. The van der Waals surface area contributed by atoms with Gasteiger partial charge in [0.2, 0.25) is 0 Å². The second kappa shape index (κ2) is 9.44. The van der Waals surface area contributed by atoms with Crippen molar-refractivity contribution in [2.24, 2.45) is 0 Å². The van der Waals surface area contributed by atoms with Crippen LogP contribution in [0.1, 0.15) is 16.7 Å². The van der Waals surface area contributed by atoms with E-state index in [0.717, 1.165) is 5.56 Å². The highest BCUT2D eigenvalue weighted by Crippen LogP contribution is 2.33. The summed E-state index contributed by atoms with van der Waals surface area (Å²) in [6, 6.07) is 17.9. The molecule has 0 amide bonds. The van der Waals surface area contributed by atoms with Crippen molar-refractivity contribution >= 4 is 45.0 Å². The largest absolute Gasteiger partial charge is 0.493 e. The summed E-state index contributed by atoms with van der Waals surface area (Å²) >= 11 is 12.1. The smallest absolute Gasteiger partial charge is 0.339 e. The molecule has 0 radical (unpaired) electrons. The normalized spacial score (nSPS) is 11.6. The van der Waals surface area contributed by atoms with E-state index < -0.39 is 10.1 Å². The number of nitriles is 1. The Bertz CT molecular complexity index is 1290. The number of rotatable bonds is 6. The minimum absolute atomic E-state index is 0.0308. The lowest BCUT2D eigenvalue weighted by Gasteiger charge is -2.12. The van der Waals surface area contributed by atoms with E-state index in [1.54, 1.807) is 48.5 Å². The minimum Gasteiger partial charge on any atom is -0.493 e. The quantitative estimate of drug-likeness (QED) is 0.244. The van der Waals surface area contributed by atoms with Crippen LogP contribution in [0, 0.1) is 18.3 Å². The van der Waals surface area contributed by atoms with Crippen molar-refractivity contribution in [3.8, 4) is 17.6 Å². The maximum atomic E-state index is 12.6. The molecular weight excluding hydrogens is 457 g/mol. The van der Waals surface area contributed by atoms with Gasteiger partial charge >= 0.3 is 10.1 Å². The van der Waals surface area contributed by atoms with E-state index in [4.69, 9.17) is 32.1 Å². The molecule has 0 spiro atoms. The van der Waals surface area contributed by atoms with Gasteiger partial charge in [-0.05, 0) is 55.0 Å². The molecule has 0 saturated heterocycles. The first-order valence-corrected chi connectivity index (χ1v) is 11.2. The number of hydrogen-bond donors (Lipinski definition) is 0. The van der Waals surface area contributed by atoms with E-state index in [-0.39, 0.29) is 16.4 Å². The molecule has 0 fully saturated rings. The molecule has 0 aliphatic heterocycles. The molecule has 0 aromatic heterocycles. The maximum absolute atomic E-state index is 12.6. The fourth-order valence-corrected chi connectivity index (χ4v) is 4.21. The van der Waals surface area contributed by atoms with Crippen molar-refractivity contribution in [1.29, 1.82) is 5.26 Å². The van der Waals surface area contributed by atoms with Crippen molar-refractivity contribution in [2.75, 3.05) is 7.11 Å². The summed E-state index contributed by atoms with van der Waals surface area (Å²) in [4.78, 5) is 0.0354. The third kappa shape index (κ3) is 5.39. The zero-order valence-corrected chi connectivity index (χ0v) is 18.9. The Hall–Kier alpha value is -2.98. The van der Waals surface area contributed by atoms with E-state index in [1.807, 2.05) is 6.92 Å². The summed E-state index contributed by atoms with van der Waals surface area (Å²) in [5, 5.41) is 10.4. The Morgan fingerprint density at radius 1 is 1.00 bits per heavy atom. The van der Waals surface area contributed by atoms with Gasteiger partial charge in [-0.1, -0.05) is 53.0 Å². The number of allylic oxidation sites excluding steroid dienone is 1. The molecule has 0 saturated carbocycles. The highest BCUT2D eigenvalue weighted by atomic mass is 35.5. The summed E-state index contributed by atoms with van der Waals surface area (Å²) in [6.45, 7) is 1.86. The number of benzene rings is 3. The molecule has 0 atom stereocenters. The first kappa shape index (κ1) is 22.7. The lowest BCUT2D eigenvalue weighted by atomic mass is 10.0. The van der Waals surface area contributed by atoms with Gasteiger partial charge in [0.05, 0.1) is 23.8 Å². The molecular formula is C23H17Cl2NO4S. The Morgan fingerprint density at radius 2 is 1.71 bits per heavy atom. The van der Waals surface area contributed by atoms with Gasteiger partial charge in [-0.25, -0.2) is 0 Å². The van der Waals surface area contributed by atoms with Crippen LogP contribution in [-0.4, -0.2) is 15.5 Å². The van der Waals surface area contributed by atoms with Crippen LogP contribution in [0.4, 0.5) is 0 Å². The lowest BCUT2D eigenvalue weighted by molar-refractivity contribution is 0.390. The van der Waals surface area contributed by atoms with Gasteiger partial charge in [-0.2, -0.15) is 13.7 Å². The Balaban J connectivity index is 1.95. The molecule has 31 heavy (non-hydrogen) atoms. The highest BCUT2D eigenvalue weighted by Gasteiger charge is 2.19. The van der Waals surface area contributed by atoms with Crippen LogP contribution < -0.4 is 8.92 Å². The monoisotopic (exact) mass is 473 g/mol. The van der Waals surface area contributed by atoms with Gasteiger partial charge < -0.3 is 8.92 Å². The van der Waals surface area contributed by atoms with Crippen LogP contribution in [0.15, 0.2) is 65.6 Å². The molecule has 3 aromatic carbocycles. The fourth-order valence-electron chi connectivity index (χ4n) is 2.76. The van der Waals surface area contributed by atoms with Gasteiger partial charge in [0.1, 0.15) is 4.90 Å². The van der Waals surface area contributed by atoms with Crippen molar-refractivity contribution in [3.05, 3.63) is 87.4 Å². The molecule has 5 nitrogen and oxygen atoms in total. The average molecular weight is 474 g/mol. The van der Waals surface area contributed by atoms with Gasteiger partial charge in [0.15, 0.2) is 11.5 Å². The fraction of sp³-hybridized carbons (Fsp3) is 0.0870. The van der Waals surface area contributed by atoms with Crippen LogP contribution >= 0.6 is 23.2 Å². The third-order valence-corrected chi connectivity index (χ3v) is 6.15. The minimum atomic E-state index is -4.03. The topological polar surface area (TPSA) is 76.4 Å². The highest BCUT2D eigenvalue weighted by molar-refractivity contribution is 7.87. The van der Waals surface area contributed by atoms with Crippen LogP contribution in [0.25, 0.3) is 11.6 Å². The van der Waals surface area contributed by atoms with E-state index in [9.17, 15) is 13.7 Å². The number of aryl methyl sites for hydroxylation is 1. The van der Waals surface area contributed by atoms with E-state index in [1.165, 1.54) is 25.3 Å². The number of halogens is 2. The Kier molecular flexibility index (Phi) is 6.91. The molecule has 8 heteroatoms. The molecule has 0 unspecified atom stereocenters. The van der Waals surface area contributed by atoms with E-state index in [2.05, 4.69) is 6.07 Å². The summed E-state index contributed by atoms with van der Waals surface area (Å²) < 4.78 is 35.7. The van der Waals surface area contributed by atoms with Crippen LogP contribution in [0.3, 0.4) is 0 Å². The predicted molar refractivity (Wildman–Crippen MR) is 122 cm³/mol. The zero-order chi connectivity index (χ0) is 22.6. The Morgan fingerprint density at radius 3 is 2.32 bits per heavy atom. The number of methoxy groups -OCH3 is 1. The Labute approximate surface area is 191 Å². The first-order chi connectivity index (χ1) is 14.7. The molecule has 0 aliphatic rings. The summed E-state index contributed by atoms with van der Waals surface area (Å²) in [5.74, 6) is 0.229. The summed E-state index contributed by atoms with van der Waals surface area (Å²) in [7, 11) is -2.64. The average Bonchev–Trinajstić information content (AvgIpc) is 2.73. The molecule has 0 N–H and O–H groups in total. The van der Waals surface area contributed by atoms with Crippen molar-refractivity contribution in [3.63, 3.8) is 0 Å². The van der Waals surface area contributed by atoms with Crippen molar-refractivity contribution in [1.82, 2.24) is 0 Å². The van der Waals surface area contributed by atoms with E-state index >= 15 is 0 Å². The molecule has 158 valence electrons. The molecule has 0 heterocycles. The van der Waals surface area contributed by atoms with Crippen molar-refractivity contribution < 1.29 is 17.3 Å². The van der Waals surface area contributed by atoms with Gasteiger partial charge in [-0.3, -0.25) is 0 Å². The van der Waals surface area contributed by atoms with Crippen molar-refractivity contribution in [2.45, 2.75) is 11.8 Å². The molecule has 3 rings (SSSR count). The standard InChI is InChI=1S/C23H17Cl2NO4S/c1-15-3-7-19(8-4-15)31(27,28)30-22-10-5-16(12-23(22)29-2)11-17(14-26)20-9-6-18(24)13-21(20)25/h3-13H,1-2H3/b17-11+. The second-order valence-corrected chi connectivity index (χ2v) is 8.94. The van der Waals surface area contributed by atoms with E-state index in [0.29, 0.717) is 26.7 Å². The first-order valence-electron chi connectivity index (χ1n) is 9.00. The predicted octanol–water partition coefficient (Wildman–Crippen LogP) is 6.14. The summed E-state index contributed by atoms with van der Waals surface area (Å²) in [6.07, 6.45) is 1.61. The van der Waals surface area contributed by atoms with Crippen LogP contribution in [-0.2, 0) is 10.1 Å². The van der Waals surface area contributed by atoms with Gasteiger partial charge in [-0.15, -0.1) is 0 Å². The summed E-state index contributed by atoms with van der Waals surface area (Å²) in [5.41, 5.74) is 2.36. The number of ether oxygens (including phenoxy) is 1. The number of hydrogen-bond acceptors (Lipinski definition) is 5. The maximum Gasteiger partial charge on any atom is 0.339 e. The van der Waals surface area contributed by atoms with Crippen LogP contribution in [0.2, 0.25) is 10.0 Å². The second-order valence-electron chi connectivity index (χ2n) is 6.55. The van der Waals surface area contributed by atoms with Crippen LogP contribution in [0.5, 0.6) is 11.5 Å². The molecule has 0 bridgehead atoms. The molecule has 3 aromatic rings. The molecule has 0 aliphatic carbocycles. The zero-order valence-electron chi connectivity index (χ0n) is 16.6. The van der Waals surface area contributed by atoms with Gasteiger partial charge in [0.25, 0.3) is 0 Å². The number of nitrogens with zero attached hydrogens (tertiary/aromatic N) is 1. The van der Waals surface area contributed by atoms with Gasteiger partial charge in [0, 0.05) is 10.6 Å². The SMILES string of the molecule is COc1cc(/C=C(\C#N)c2ccc(Cl)cc2Cl)ccc1OS(=O)(=O)c1ccc(C)cc1. The third-order valence-electron chi connectivity index (χ3n) is 4.35.